The summed E-state index contributed by atoms with van der Waals surface area (Å²) in [6, 6.07) is 8.53. The van der Waals surface area contributed by atoms with E-state index in [-0.39, 0.29) is 5.60 Å². The molecule has 1 saturated carbocycles. The molecule has 0 amide bonds. The number of hydrogen-bond acceptors (Lipinski definition) is 2. The van der Waals surface area contributed by atoms with Crippen molar-refractivity contribution < 1.29 is 4.74 Å². The number of benzene rings is 1. The Morgan fingerprint density at radius 3 is 2.61 bits per heavy atom. The summed E-state index contributed by atoms with van der Waals surface area (Å²) in [4.78, 5) is 0. The lowest BCUT2D eigenvalue weighted by Gasteiger charge is -2.39. The average molecular weight is 266 g/mol. The van der Waals surface area contributed by atoms with Crippen LogP contribution in [-0.2, 0) is 4.74 Å². The molecule has 0 aromatic heterocycles. The van der Waals surface area contributed by atoms with Gasteiger partial charge in [-0.05, 0) is 49.9 Å². The van der Waals surface area contributed by atoms with E-state index in [0.29, 0.717) is 6.04 Å². The first kappa shape index (κ1) is 12.3. The third-order valence-electron chi connectivity index (χ3n) is 4.22. The molecule has 1 aliphatic carbocycles. The van der Waals surface area contributed by atoms with E-state index < -0.39 is 0 Å². The van der Waals surface area contributed by atoms with Gasteiger partial charge < -0.3 is 10.1 Å². The molecule has 1 unspecified atom stereocenters. The highest BCUT2D eigenvalue weighted by Crippen LogP contribution is 2.40. The molecule has 1 atom stereocenters. The zero-order valence-electron chi connectivity index (χ0n) is 10.6. The SMILES string of the molecule is Clc1ccc(NC2CCOC3(CCCC3)C2)cc1. The number of halogens is 1. The maximum atomic E-state index is 6.05. The van der Waals surface area contributed by atoms with Crippen LogP contribution in [0.25, 0.3) is 0 Å². The van der Waals surface area contributed by atoms with Crippen LogP contribution in [0.4, 0.5) is 5.69 Å². The second kappa shape index (κ2) is 5.10. The lowest BCUT2D eigenvalue weighted by atomic mass is 9.89. The summed E-state index contributed by atoms with van der Waals surface area (Å²) in [6.07, 6.45) is 7.39. The zero-order chi connectivity index (χ0) is 12.4. The van der Waals surface area contributed by atoms with E-state index in [9.17, 15) is 0 Å². The zero-order valence-corrected chi connectivity index (χ0v) is 11.4. The molecular formula is C15H20ClNO. The number of rotatable bonds is 2. The van der Waals surface area contributed by atoms with E-state index in [1.807, 2.05) is 12.1 Å². The van der Waals surface area contributed by atoms with Crippen molar-refractivity contribution >= 4 is 17.3 Å². The standard InChI is InChI=1S/C15H20ClNO/c16-12-3-5-13(6-4-12)17-14-7-10-18-15(11-14)8-1-2-9-15/h3-6,14,17H,1-2,7-11H2. The Bertz CT molecular complexity index is 397. The number of anilines is 1. The molecule has 18 heavy (non-hydrogen) atoms. The third kappa shape index (κ3) is 2.65. The van der Waals surface area contributed by atoms with E-state index >= 15 is 0 Å². The van der Waals surface area contributed by atoms with Crippen molar-refractivity contribution in [3.8, 4) is 0 Å². The molecule has 2 fully saturated rings. The molecule has 1 aliphatic heterocycles. The van der Waals surface area contributed by atoms with Crippen molar-refractivity contribution in [1.29, 1.82) is 0 Å². The summed E-state index contributed by atoms with van der Waals surface area (Å²) in [5.41, 5.74) is 1.35. The Labute approximate surface area is 114 Å². The van der Waals surface area contributed by atoms with Gasteiger partial charge >= 0.3 is 0 Å². The molecule has 1 spiro atoms. The molecule has 0 bridgehead atoms. The van der Waals surface area contributed by atoms with E-state index in [4.69, 9.17) is 16.3 Å². The van der Waals surface area contributed by atoms with Gasteiger partial charge in [0.15, 0.2) is 0 Å². The molecule has 0 radical (unpaired) electrons. The molecule has 2 aliphatic rings. The molecule has 2 nitrogen and oxygen atoms in total. The predicted octanol–water partition coefficient (Wildman–Crippen LogP) is 4.24. The Balaban J connectivity index is 1.64. The Morgan fingerprint density at radius 1 is 1.17 bits per heavy atom. The maximum absolute atomic E-state index is 6.05. The fourth-order valence-corrected chi connectivity index (χ4v) is 3.43. The highest BCUT2D eigenvalue weighted by molar-refractivity contribution is 6.30. The first-order chi connectivity index (χ1) is 8.76. The van der Waals surface area contributed by atoms with E-state index in [0.717, 1.165) is 24.5 Å². The lowest BCUT2D eigenvalue weighted by molar-refractivity contribution is -0.0767. The van der Waals surface area contributed by atoms with Gasteiger partial charge in [-0.1, -0.05) is 24.4 Å². The topological polar surface area (TPSA) is 21.3 Å². The van der Waals surface area contributed by atoms with Crippen molar-refractivity contribution in [2.24, 2.45) is 0 Å². The van der Waals surface area contributed by atoms with Gasteiger partial charge in [0.25, 0.3) is 0 Å². The van der Waals surface area contributed by atoms with Crippen LogP contribution in [0, 0.1) is 0 Å². The smallest absolute Gasteiger partial charge is 0.0702 e. The average Bonchev–Trinajstić information content (AvgIpc) is 2.80. The van der Waals surface area contributed by atoms with Crippen LogP contribution >= 0.6 is 11.6 Å². The van der Waals surface area contributed by atoms with Crippen LogP contribution in [-0.4, -0.2) is 18.2 Å². The molecular weight excluding hydrogens is 246 g/mol. The normalized spacial score (nSPS) is 26.4. The summed E-state index contributed by atoms with van der Waals surface area (Å²) < 4.78 is 6.05. The molecule has 1 aromatic rings. The molecule has 1 N–H and O–H groups in total. The Hall–Kier alpha value is -0.730. The minimum absolute atomic E-state index is 0.183. The van der Waals surface area contributed by atoms with Gasteiger partial charge in [-0.15, -0.1) is 0 Å². The largest absolute Gasteiger partial charge is 0.382 e. The van der Waals surface area contributed by atoms with Crippen LogP contribution in [0.1, 0.15) is 38.5 Å². The van der Waals surface area contributed by atoms with Gasteiger partial charge in [-0.3, -0.25) is 0 Å². The second-order valence-corrected chi connectivity index (χ2v) is 6.02. The van der Waals surface area contributed by atoms with Crippen LogP contribution in [0.15, 0.2) is 24.3 Å². The minimum atomic E-state index is 0.183. The summed E-state index contributed by atoms with van der Waals surface area (Å²) in [7, 11) is 0. The van der Waals surface area contributed by atoms with Crippen LogP contribution in [0.2, 0.25) is 5.02 Å². The monoisotopic (exact) mass is 265 g/mol. The molecule has 1 aromatic carbocycles. The molecule has 98 valence electrons. The third-order valence-corrected chi connectivity index (χ3v) is 4.47. The van der Waals surface area contributed by atoms with Gasteiger partial charge in [-0.2, -0.15) is 0 Å². The molecule has 1 saturated heterocycles. The molecule has 1 heterocycles. The highest BCUT2D eigenvalue weighted by Gasteiger charge is 2.39. The summed E-state index contributed by atoms with van der Waals surface area (Å²) in [5.74, 6) is 0. The fourth-order valence-electron chi connectivity index (χ4n) is 3.30. The quantitative estimate of drug-likeness (QED) is 0.863. The van der Waals surface area contributed by atoms with Crippen molar-refractivity contribution in [2.75, 3.05) is 11.9 Å². The predicted molar refractivity (Wildman–Crippen MR) is 75.2 cm³/mol. The minimum Gasteiger partial charge on any atom is -0.382 e. The van der Waals surface area contributed by atoms with Gasteiger partial charge in [0, 0.05) is 23.4 Å². The number of hydrogen-bond donors (Lipinski definition) is 1. The van der Waals surface area contributed by atoms with E-state index in [2.05, 4.69) is 17.4 Å². The van der Waals surface area contributed by atoms with Crippen molar-refractivity contribution in [1.82, 2.24) is 0 Å². The van der Waals surface area contributed by atoms with Crippen molar-refractivity contribution in [3.63, 3.8) is 0 Å². The van der Waals surface area contributed by atoms with Gasteiger partial charge in [-0.25, -0.2) is 0 Å². The van der Waals surface area contributed by atoms with E-state index in [1.54, 1.807) is 0 Å². The first-order valence-corrected chi connectivity index (χ1v) is 7.30. The number of ether oxygens (including phenoxy) is 1. The van der Waals surface area contributed by atoms with Crippen LogP contribution < -0.4 is 5.32 Å². The fraction of sp³-hybridized carbons (Fsp3) is 0.600. The lowest BCUT2D eigenvalue weighted by Crippen LogP contribution is -2.42. The van der Waals surface area contributed by atoms with Crippen molar-refractivity contribution in [2.45, 2.75) is 50.2 Å². The Morgan fingerprint density at radius 2 is 1.89 bits per heavy atom. The number of nitrogens with one attached hydrogen (secondary N) is 1. The van der Waals surface area contributed by atoms with Crippen LogP contribution in [0.5, 0.6) is 0 Å². The molecule has 3 heteroatoms. The van der Waals surface area contributed by atoms with Crippen molar-refractivity contribution in [3.05, 3.63) is 29.3 Å². The van der Waals surface area contributed by atoms with Gasteiger partial charge in [0.2, 0.25) is 0 Å². The van der Waals surface area contributed by atoms with E-state index in [1.165, 1.54) is 31.4 Å². The maximum Gasteiger partial charge on any atom is 0.0702 e. The van der Waals surface area contributed by atoms with Crippen LogP contribution in [0.3, 0.4) is 0 Å². The van der Waals surface area contributed by atoms with Gasteiger partial charge in [0.1, 0.15) is 0 Å². The Kier molecular flexibility index (Phi) is 3.49. The first-order valence-electron chi connectivity index (χ1n) is 6.92. The highest BCUT2D eigenvalue weighted by atomic mass is 35.5. The summed E-state index contributed by atoms with van der Waals surface area (Å²) >= 11 is 5.91. The summed E-state index contributed by atoms with van der Waals surface area (Å²) in [5, 5.41) is 4.41. The molecule has 3 rings (SSSR count). The second-order valence-electron chi connectivity index (χ2n) is 5.58. The summed E-state index contributed by atoms with van der Waals surface area (Å²) in [6.45, 7) is 0.894. The van der Waals surface area contributed by atoms with Gasteiger partial charge in [0.05, 0.1) is 5.60 Å².